The maximum Gasteiger partial charge on any atom is 0.257 e. The molecule has 8 heteroatoms. The number of sulfonamides is 1. The summed E-state index contributed by atoms with van der Waals surface area (Å²) in [7, 11) is -4.28. The van der Waals surface area contributed by atoms with Crippen LogP contribution in [0.3, 0.4) is 0 Å². The van der Waals surface area contributed by atoms with Gasteiger partial charge in [0.15, 0.2) is 5.82 Å². The first kappa shape index (κ1) is 16.2. The van der Waals surface area contributed by atoms with Crippen molar-refractivity contribution in [2.24, 2.45) is 5.14 Å². The fraction of sp³-hybridized carbons (Fsp3) is 0.462. The molecule has 0 radical (unpaired) electrons. The molecule has 0 atom stereocenters. The van der Waals surface area contributed by atoms with Crippen molar-refractivity contribution in [3.05, 3.63) is 28.5 Å². The molecule has 0 unspecified atom stereocenters. The van der Waals surface area contributed by atoms with Crippen molar-refractivity contribution in [1.82, 2.24) is 4.90 Å². The van der Waals surface area contributed by atoms with Crippen LogP contribution in [0.2, 0.25) is 5.02 Å². The van der Waals surface area contributed by atoms with Gasteiger partial charge in [0.25, 0.3) is 5.91 Å². The van der Waals surface area contributed by atoms with Crippen LogP contribution in [0.25, 0.3) is 0 Å². The van der Waals surface area contributed by atoms with E-state index in [-0.39, 0.29) is 16.6 Å². The summed E-state index contributed by atoms with van der Waals surface area (Å²) < 4.78 is 37.1. The molecule has 0 aromatic heterocycles. The Hall–Kier alpha value is -1.18. The highest BCUT2D eigenvalue weighted by Crippen LogP contribution is 2.30. The van der Waals surface area contributed by atoms with Crippen LogP contribution < -0.4 is 5.14 Å². The molecule has 2 rings (SSSR count). The van der Waals surface area contributed by atoms with Gasteiger partial charge in [0.05, 0.1) is 5.56 Å². The van der Waals surface area contributed by atoms with Gasteiger partial charge in [-0.2, -0.15) is 0 Å². The maximum atomic E-state index is 14.3. The lowest BCUT2D eigenvalue weighted by Gasteiger charge is -2.22. The Balaban J connectivity index is 2.48. The molecule has 0 saturated heterocycles. The van der Waals surface area contributed by atoms with Crippen LogP contribution >= 0.6 is 11.6 Å². The van der Waals surface area contributed by atoms with Gasteiger partial charge in [-0.1, -0.05) is 18.5 Å². The molecule has 0 bridgehead atoms. The van der Waals surface area contributed by atoms with Gasteiger partial charge in [-0.15, -0.1) is 0 Å². The summed E-state index contributed by atoms with van der Waals surface area (Å²) >= 11 is 5.79. The fourth-order valence-corrected chi connectivity index (χ4v) is 3.09. The van der Waals surface area contributed by atoms with Gasteiger partial charge in [-0.3, -0.25) is 4.79 Å². The highest BCUT2D eigenvalue weighted by atomic mass is 35.5. The third kappa shape index (κ3) is 3.53. The predicted molar refractivity (Wildman–Crippen MR) is 77.1 cm³/mol. The molecule has 1 saturated carbocycles. The Morgan fingerprint density at radius 2 is 2.10 bits per heavy atom. The average Bonchev–Trinajstić information content (AvgIpc) is 3.20. The van der Waals surface area contributed by atoms with Gasteiger partial charge in [0.2, 0.25) is 10.0 Å². The van der Waals surface area contributed by atoms with Crippen LogP contribution in [-0.4, -0.2) is 31.8 Å². The number of primary sulfonamides is 1. The van der Waals surface area contributed by atoms with E-state index in [4.69, 9.17) is 16.7 Å². The molecule has 5 nitrogen and oxygen atoms in total. The van der Waals surface area contributed by atoms with E-state index in [2.05, 4.69) is 0 Å². The van der Waals surface area contributed by atoms with E-state index in [1.165, 1.54) is 0 Å². The normalized spacial score (nSPS) is 15.0. The summed E-state index contributed by atoms with van der Waals surface area (Å²) in [5, 5.41) is 4.91. The van der Waals surface area contributed by atoms with Crippen molar-refractivity contribution >= 4 is 27.5 Å². The molecule has 1 aromatic rings. The van der Waals surface area contributed by atoms with Crippen LogP contribution in [0.15, 0.2) is 17.0 Å². The van der Waals surface area contributed by atoms with Gasteiger partial charge >= 0.3 is 0 Å². The topological polar surface area (TPSA) is 80.5 Å². The third-order valence-corrected chi connectivity index (χ3v) is 4.38. The molecule has 1 aromatic carbocycles. The maximum absolute atomic E-state index is 14.3. The molecular weight excluding hydrogens is 319 g/mol. The molecule has 0 aliphatic heterocycles. The summed E-state index contributed by atoms with van der Waals surface area (Å²) in [5.74, 6) is -1.70. The summed E-state index contributed by atoms with van der Waals surface area (Å²) in [6.45, 7) is 2.40. The van der Waals surface area contributed by atoms with Crippen molar-refractivity contribution in [3.63, 3.8) is 0 Å². The van der Waals surface area contributed by atoms with Crippen molar-refractivity contribution in [2.75, 3.05) is 6.54 Å². The Labute approximate surface area is 127 Å². The molecule has 2 N–H and O–H groups in total. The molecule has 0 heterocycles. The summed E-state index contributed by atoms with van der Waals surface area (Å²) in [4.78, 5) is 13.3. The fourth-order valence-electron chi connectivity index (χ4n) is 2.16. The lowest BCUT2D eigenvalue weighted by atomic mass is 10.1. The SMILES string of the molecule is CCCN(C(=O)c1cc(Cl)cc(S(N)(=O)=O)c1F)C1CC1. The number of nitrogens with two attached hydrogens (primary N) is 1. The molecule has 0 spiro atoms. The van der Waals surface area contributed by atoms with E-state index in [0.29, 0.717) is 6.54 Å². The van der Waals surface area contributed by atoms with E-state index in [0.717, 1.165) is 31.4 Å². The van der Waals surface area contributed by atoms with E-state index < -0.39 is 26.6 Å². The van der Waals surface area contributed by atoms with Crippen molar-refractivity contribution in [1.29, 1.82) is 0 Å². The Morgan fingerprint density at radius 3 is 2.57 bits per heavy atom. The van der Waals surface area contributed by atoms with Crippen LogP contribution in [-0.2, 0) is 10.0 Å². The number of carbonyl (C=O) groups excluding carboxylic acids is 1. The van der Waals surface area contributed by atoms with E-state index in [9.17, 15) is 17.6 Å². The van der Waals surface area contributed by atoms with Gasteiger partial charge in [0, 0.05) is 17.6 Å². The van der Waals surface area contributed by atoms with Gasteiger partial charge in [-0.05, 0) is 31.4 Å². The van der Waals surface area contributed by atoms with E-state index in [1.54, 1.807) is 4.90 Å². The van der Waals surface area contributed by atoms with Crippen LogP contribution in [0.1, 0.15) is 36.5 Å². The molecule has 21 heavy (non-hydrogen) atoms. The number of hydrogen-bond acceptors (Lipinski definition) is 3. The number of hydrogen-bond donors (Lipinski definition) is 1. The monoisotopic (exact) mass is 334 g/mol. The molecular formula is C13H16ClFN2O3S. The highest BCUT2D eigenvalue weighted by Gasteiger charge is 2.34. The van der Waals surface area contributed by atoms with E-state index >= 15 is 0 Å². The lowest BCUT2D eigenvalue weighted by Crippen LogP contribution is -2.34. The second-order valence-corrected chi connectivity index (χ2v) is 7.01. The Morgan fingerprint density at radius 1 is 1.48 bits per heavy atom. The first-order chi connectivity index (χ1) is 9.75. The summed E-state index contributed by atoms with van der Waals surface area (Å²) in [6, 6.07) is 2.14. The number of carbonyl (C=O) groups is 1. The number of benzene rings is 1. The minimum Gasteiger partial charge on any atom is -0.336 e. The Kier molecular flexibility index (Phi) is 4.55. The average molecular weight is 335 g/mol. The number of halogens is 2. The summed E-state index contributed by atoms with van der Waals surface area (Å²) in [6.07, 6.45) is 2.47. The predicted octanol–water partition coefficient (Wildman–Crippen LogP) is 2.14. The van der Waals surface area contributed by atoms with Gasteiger partial charge in [-0.25, -0.2) is 17.9 Å². The minimum absolute atomic E-state index is 0.0454. The molecule has 1 fully saturated rings. The smallest absolute Gasteiger partial charge is 0.257 e. The molecule has 1 amide bonds. The Bertz CT molecular complexity index is 674. The van der Waals surface area contributed by atoms with Crippen LogP contribution in [0.5, 0.6) is 0 Å². The zero-order valence-corrected chi connectivity index (χ0v) is 13.0. The summed E-state index contributed by atoms with van der Waals surface area (Å²) in [5.41, 5.74) is -0.355. The van der Waals surface area contributed by atoms with Crippen LogP contribution in [0.4, 0.5) is 4.39 Å². The number of rotatable bonds is 5. The molecule has 116 valence electrons. The standard InChI is InChI=1S/C13H16ClFN2O3S/c1-2-5-17(9-3-4-9)13(18)10-6-8(14)7-11(12(10)15)21(16,19)20/h6-7,9H,2-5H2,1H3,(H2,16,19,20). The zero-order valence-electron chi connectivity index (χ0n) is 11.5. The van der Waals surface area contributed by atoms with Crippen molar-refractivity contribution < 1.29 is 17.6 Å². The number of amides is 1. The minimum atomic E-state index is -4.28. The zero-order chi connectivity index (χ0) is 15.8. The number of nitrogens with zero attached hydrogens (tertiary/aromatic N) is 1. The van der Waals surface area contributed by atoms with Crippen LogP contribution in [0, 0.1) is 5.82 Å². The van der Waals surface area contributed by atoms with E-state index in [1.807, 2.05) is 6.92 Å². The quantitative estimate of drug-likeness (QED) is 0.895. The second kappa shape index (κ2) is 5.90. The van der Waals surface area contributed by atoms with Crippen molar-refractivity contribution in [3.8, 4) is 0 Å². The van der Waals surface area contributed by atoms with Gasteiger partial charge < -0.3 is 4.90 Å². The molecule has 1 aliphatic rings. The van der Waals surface area contributed by atoms with Crippen molar-refractivity contribution in [2.45, 2.75) is 37.1 Å². The largest absolute Gasteiger partial charge is 0.336 e. The highest BCUT2D eigenvalue weighted by molar-refractivity contribution is 7.89. The molecule has 1 aliphatic carbocycles. The first-order valence-corrected chi connectivity index (χ1v) is 8.51. The lowest BCUT2D eigenvalue weighted by molar-refractivity contribution is 0.0737. The second-order valence-electron chi connectivity index (χ2n) is 5.04. The van der Waals surface area contributed by atoms with Gasteiger partial charge in [0.1, 0.15) is 4.90 Å². The first-order valence-electron chi connectivity index (χ1n) is 6.58. The third-order valence-electron chi connectivity index (χ3n) is 3.25.